The van der Waals surface area contributed by atoms with Gasteiger partial charge in [0.2, 0.25) is 0 Å². The summed E-state index contributed by atoms with van der Waals surface area (Å²) in [5.74, 6) is 0. The molecule has 0 bridgehead atoms. The number of H-pyrrole nitrogens is 1. The minimum Gasteiger partial charge on any atom is -0.330 e. The Morgan fingerprint density at radius 1 is 1.42 bits per heavy atom. The standard InChI is InChI=1S/C17H22ClN5O/c1-3-23(4-2)17(24)20-12-8-11(9-19-10-12)15-13-6-5-7-14(18)16(13)22-21-15/h5-8,12,19H,3-4,9-10H2,1-2H3,(H,20,24)(H,21,22)/t12-/m1/s1. The number of nitrogens with one attached hydrogen (secondary N) is 3. The molecule has 0 saturated heterocycles. The molecule has 0 spiro atoms. The van der Waals surface area contributed by atoms with Crippen LogP contribution in [0.3, 0.4) is 0 Å². The highest BCUT2D eigenvalue weighted by atomic mass is 35.5. The maximum absolute atomic E-state index is 12.2. The Morgan fingerprint density at radius 2 is 2.21 bits per heavy atom. The molecule has 2 heterocycles. The third kappa shape index (κ3) is 3.25. The topological polar surface area (TPSA) is 73.0 Å². The van der Waals surface area contributed by atoms with Crippen molar-refractivity contribution in [3.05, 3.63) is 35.0 Å². The van der Waals surface area contributed by atoms with E-state index < -0.39 is 0 Å². The molecule has 6 nitrogen and oxygen atoms in total. The molecule has 1 atom stereocenters. The number of fused-ring (bicyclic) bond motifs is 1. The fraction of sp³-hybridized carbons (Fsp3) is 0.412. The molecule has 2 aromatic rings. The first-order valence-electron chi connectivity index (χ1n) is 8.23. The van der Waals surface area contributed by atoms with Crippen LogP contribution in [0.1, 0.15) is 19.5 Å². The number of rotatable bonds is 4. The van der Waals surface area contributed by atoms with E-state index in [9.17, 15) is 4.79 Å². The van der Waals surface area contributed by atoms with E-state index >= 15 is 0 Å². The zero-order chi connectivity index (χ0) is 17.1. The van der Waals surface area contributed by atoms with Crippen LogP contribution in [-0.2, 0) is 0 Å². The van der Waals surface area contributed by atoms with Gasteiger partial charge in [-0.1, -0.05) is 29.8 Å². The number of halogens is 1. The quantitative estimate of drug-likeness (QED) is 0.796. The lowest BCUT2D eigenvalue weighted by Gasteiger charge is -2.26. The summed E-state index contributed by atoms with van der Waals surface area (Å²) in [6, 6.07) is 5.65. The first kappa shape index (κ1) is 16.8. The van der Waals surface area contributed by atoms with Crippen LogP contribution < -0.4 is 10.6 Å². The van der Waals surface area contributed by atoms with E-state index in [-0.39, 0.29) is 12.1 Å². The second kappa shape index (κ2) is 7.23. The highest BCUT2D eigenvalue weighted by molar-refractivity contribution is 6.35. The average Bonchev–Trinajstić information content (AvgIpc) is 3.02. The third-order valence-corrected chi connectivity index (χ3v) is 4.60. The molecule has 0 fully saturated rings. The van der Waals surface area contributed by atoms with Gasteiger partial charge in [-0.2, -0.15) is 5.10 Å². The first-order valence-corrected chi connectivity index (χ1v) is 8.61. The van der Waals surface area contributed by atoms with Gasteiger partial charge in [0.05, 0.1) is 16.8 Å². The summed E-state index contributed by atoms with van der Waals surface area (Å²) >= 11 is 6.19. The molecule has 0 radical (unpaired) electrons. The molecule has 3 rings (SSSR count). The van der Waals surface area contributed by atoms with Gasteiger partial charge in [-0.25, -0.2) is 4.79 Å². The van der Waals surface area contributed by atoms with Crippen LogP contribution in [0.5, 0.6) is 0 Å². The Bertz CT molecular complexity index is 765. The van der Waals surface area contributed by atoms with Gasteiger partial charge in [0, 0.05) is 31.6 Å². The summed E-state index contributed by atoms with van der Waals surface area (Å²) in [7, 11) is 0. The van der Waals surface area contributed by atoms with Crippen molar-refractivity contribution in [2.45, 2.75) is 19.9 Å². The van der Waals surface area contributed by atoms with Crippen molar-refractivity contribution in [2.75, 3.05) is 26.2 Å². The Balaban J connectivity index is 1.84. The van der Waals surface area contributed by atoms with Gasteiger partial charge in [-0.3, -0.25) is 5.10 Å². The number of carbonyl (C=O) groups is 1. The van der Waals surface area contributed by atoms with Gasteiger partial charge >= 0.3 is 6.03 Å². The second-order valence-electron chi connectivity index (χ2n) is 5.79. The SMILES string of the molecule is CCN(CC)C(=O)N[C@@H]1C=C(c2[nH]nc3c(Cl)cccc23)CNC1. The molecule has 2 amide bonds. The van der Waals surface area contributed by atoms with Gasteiger partial charge in [0.25, 0.3) is 0 Å². The van der Waals surface area contributed by atoms with E-state index in [0.717, 1.165) is 28.7 Å². The summed E-state index contributed by atoms with van der Waals surface area (Å²) in [6.07, 6.45) is 2.09. The molecule has 1 aromatic heterocycles. The molecule has 3 N–H and O–H groups in total. The number of hydrogen-bond acceptors (Lipinski definition) is 3. The molecule has 0 unspecified atom stereocenters. The fourth-order valence-corrected chi connectivity index (χ4v) is 3.21. The third-order valence-electron chi connectivity index (χ3n) is 4.30. The fourth-order valence-electron chi connectivity index (χ4n) is 3.00. The zero-order valence-corrected chi connectivity index (χ0v) is 14.7. The lowest BCUT2D eigenvalue weighted by molar-refractivity contribution is 0.200. The van der Waals surface area contributed by atoms with Crippen molar-refractivity contribution < 1.29 is 4.79 Å². The normalized spacial score (nSPS) is 17.6. The lowest BCUT2D eigenvalue weighted by atomic mass is 10.0. The number of carbonyl (C=O) groups excluding carboxylic acids is 1. The molecule has 1 aliphatic heterocycles. The van der Waals surface area contributed by atoms with Gasteiger partial charge in [0.15, 0.2) is 0 Å². The van der Waals surface area contributed by atoms with Gasteiger partial charge in [-0.05, 0) is 25.5 Å². The summed E-state index contributed by atoms with van der Waals surface area (Å²) < 4.78 is 0. The number of urea groups is 1. The lowest BCUT2D eigenvalue weighted by Crippen LogP contribution is -2.49. The summed E-state index contributed by atoms with van der Waals surface area (Å²) in [5.41, 5.74) is 2.79. The van der Waals surface area contributed by atoms with Crippen LogP contribution in [-0.4, -0.2) is 53.3 Å². The molecular formula is C17H22ClN5O. The molecule has 0 aliphatic carbocycles. The van der Waals surface area contributed by atoms with Crippen molar-refractivity contribution in [3.8, 4) is 0 Å². The van der Waals surface area contributed by atoms with Crippen LogP contribution in [0.15, 0.2) is 24.3 Å². The molecule has 1 aromatic carbocycles. The number of para-hydroxylation sites is 1. The van der Waals surface area contributed by atoms with Crippen molar-refractivity contribution in [3.63, 3.8) is 0 Å². The molecular weight excluding hydrogens is 326 g/mol. The van der Waals surface area contributed by atoms with E-state index in [2.05, 4.69) is 26.9 Å². The zero-order valence-electron chi connectivity index (χ0n) is 13.9. The summed E-state index contributed by atoms with van der Waals surface area (Å²) in [6.45, 7) is 6.78. The Morgan fingerprint density at radius 3 is 2.96 bits per heavy atom. The van der Waals surface area contributed by atoms with Gasteiger partial charge in [0.1, 0.15) is 5.52 Å². The summed E-state index contributed by atoms with van der Waals surface area (Å²) in [5, 5.41) is 15.4. The van der Waals surface area contributed by atoms with Crippen molar-refractivity contribution in [1.29, 1.82) is 0 Å². The van der Waals surface area contributed by atoms with E-state index in [0.29, 0.717) is 24.7 Å². The molecule has 24 heavy (non-hydrogen) atoms. The first-order chi connectivity index (χ1) is 11.6. The minimum atomic E-state index is -0.0561. The van der Waals surface area contributed by atoms with Crippen LogP contribution in [0.2, 0.25) is 5.02 Å². The van der Waals surface area contributed by atoms with Gasteiger partial charge < -0.3 is 15.5 Å². The predicted molar refractivity (Wildman–Crippen MR) is 97.2 cm³/mol. The predicted octanol–water partition coefficient (Wildman–Crippen LogP) is 2.62. The minimum absolute atomic E-state index is 0.0400. The smallest absolute Gasteiger partial charge is 0.317 e. The maximum atomic E-state index is 12.2. The second-order valence-corrected chi connectivity index (χ2v) is 6.19. The van der Waals surface area contributed by atoms with Crippen molar-refractivity contribution >= 4 is 34.1 Å². The molecule has 0 saturated carbocycles. The number of hydrogen-bond donors (Lipinski definition) is 3. The number of amides is 2. The number of aromatic amines is 1. The van der Waals surface area contributed by atoms with E-state index in [4.69, 9.17) is 11.6 Å². The van der Waals surface area contributed by atoms with E-state index in [1.807, 2.05) is 32.0 Å². The number of benzene rings is 1. The molecule has 7 heteroatoms. The summed E-state index contributed by atoms with van der Waals surface area (Å²) in [4.78, 5) is 14.0. The number of aromatic nitrogens is 2. The van der Waals surface area contributed by atoms with Crippen molar-refractivity contribution in [2.24, 2.45) is 0 Å². The molecule has 128 valence electrons. The van der Waals surface area contributed by atoms with E-state index in [1.165, 1.54) is 0 Å². The van der Waals surface area contributed by atoms with Gasteiger partial charge in [-0.15, -0.1) is 0 Å². The van der Waals surface area contributed by atoms with Crippen LogP contribution in [0, 0.1) is 0 Å². The van der Waals surface area contributed by atoms with Crippen molar-refractivity contribution in [1.82, 2.24) is 25.7 Å². The number of nitrogens with zero attached hydrogens (tertiary/aromatic N) is 2. The highest BCUT2D eigenvalue weighted by Gasteiger charge is 2.20. The van der Waals surface area contributed by atoms with E-state index in [1.54, 1.807) is 4.90 Å². The maximum Gasteiger partial charge on any atom is 0.317 e. The Hall–Kier alpha value is -2.05. The average molecular weight is 348 g/mol. The monoisotopic (exact) mass is 347 g/mol. The van der Waals surface area contributed by atoms with Crippen LogP contribution in [0.25, 0.3) is 16.5 Å². The Kier molecular flexibility index (Phi) is 5.06. The highest BCUT2D eigenvalue weighted by Crippen LogP contribution is 2.28. The van der Waals surface area contributed by atoms with Crippen LogP contribution in [0.4, 0.5) is 4.79 Å². The largest absolute Gasteiger partial charge is 0.330 e. The van der Waals surface area contributed by atoms with Crippen LogP contribution >= 0.6 is 11.6 Å². The molecule has 1 aliphatic rings. The Labute approximate surface area is 146 Å².